The van der Waals surface area contributed by atoms with E-state index in [2.05, 4.69) is 52.5 Å². The van der Waals surface area contributed by atoms with Gasteiger partial charge in [-0.15, -0.1) is 0 Å². The van der Waals surface area contributed by atoms with Gasteiger partial charge in [0, 0.05) is 12.8 Å². The molecule has 0 bridgehead atoms. The van der Waals surface area contributed by atoms with Gasteiger partial charge in [-0.25, -0.2) is 0 Å². The van der Waals surface area contributed by atoms with Crippen molar-refractivity contribution >= 4 is 5.78 Å². The van der Waals surface area contributed by atoms with E-state index in [9.17, 15) is 4.79 Å². The second-order valence-electron chi connectivity index (χ2n) is 17.5. The summed E-state index contributed by atoms with van der Waals surface area (Å²) in [5, 5.41) is 0. The van der Waals surface area contributed by atoms with Crippen LogP contribution < -0.4 is 0 Å². The standard InChI is InChI=1S/C47H78O/c1-6-8-10-12-14-16-18-20-22-25-37(3)33-41-34-38(4)46-45-30-29-40-35-39(26-24-28-43(40)44(45)31-32-47(41,46)5)36-42(48)27-23-21-19-17-15-13-11-9-7-2/h26,28,35,38,41,44-46H,3,6-25,27,29-34,36H2,1-2,4-5H3/t38-,41+,44?,45?,46?,47?/m1/s1. The lowest BCUT2D eigenvalue weighted by molar-refractivity contribution is -0.118. The molecule has 0 aliphatic heterocycles. The zero-order chi connectivity index (χ0) is 34.2. The molecule has 3 fully saturated rings. The molecule has 3 saturated carbocycles. The molecule has 1 nitrogen and oxygen atoms in total. The predicted molar refractivity (Wildman–Crippen MR) is 210 cm³/mol. The molecule has 4 rings (SSSR count). The maximum Gasteiger partial charge on any atom is 0.137 e. The highest BCUT2D eigenvalue weighted by atomic mass is 16.1. The van der Waals surface area contributed by atoms with Gasteiger partial charge >= 0.3 is 0 Å². The molecule has 4 aliphatic rings. The summed E-state index contributed by atoms with van der Waals surface area (Å²) in [7, 11) is 0. The molecule has 0 aromatic rings. The molecule has 0 saturated heterocycles. The van der Waals surface area contributed by atoms with Gasteiger partial charge in [0.05, 0.1) is 0 Å². The normalized spacial score (nSPS) is 28.1. The highest BCUT2D eigenvalue weighted by Gasteiger charge is 2.57. The van der Waals surface area contributed by atoms with Gasteiger partial charge in [0.1, 0.15) is 5.78 Å². The first-order chi connectivity index (χ1) is 23.4. The Balaban J connectivity index is 1.20. The molecule has 4 unspecified atom stereocenters. The smallest absolute Gasteiger partial charge is 0.137 e. The van der Waals surface area contributed by atoms with Crippen molar-refractivity contribution in [2.75, 3.05) is 0 Å². The van der Waals surface area contributed by atoms with Crippen molar-refractivity contribution in [2.24, 2.45) is 35.0 Å². The van der Waals surface area contributed by atoms with Crippen LogP contribution in [0.15, 0.2) is 47.1 Å². The van der Waals surface area contributed by atoms with E-state index in [4.69, 9.17) is 0 Å². The molecule has 0 amide bonds. The summed E-state index contributed by atoms with van der Waals surface area (Å²) in [5.74, 6) is 4.55. The minimum atomic E-state index is 0.455. The van der Waals surface area contributed by atoms with Crippen LogP contribution in [0.5, 0.6) is 0 Å². The van der Waals surface area contributed by atoms with Gasteiger partial charge < -0.3 is 0 Å². The first-order valence-electron chi connectivity index (χ1n) is 21.7. The maximum absolute atomic E-state index is 13.0. The minimum absolute atomic E-state index is 0.455. The molecular formula is C47H78O. The van der Waals surface area contributed by atoms with Crippen LogP contribution in [0.2, 0.25) is 0 Å². The van der Waals surface area contributed by atoms with E-state index in [1.807, 2.05) is 0 Å². The maximum atomic E-state index is 13.0. The zero-order valence-corrected chi connectivity index (χ0v) is 32.5. The van der Waals surface area contributed by atoms with Crippen LogP contribution in [-0.2, 0) is 4.79 Å². The summed E-state index contributed by atoms with van der Waals surface area (Å²) in [6.45, 7) is 14.5. The summed E-state index contributed by atoms with van der Waals surface area (Å²) >= 11 is 0. The summed E-state index contributed by atoms with van der Waals surface area (Å²) in [6.07, 6.45) is 43.6. The SMILES string of the molecule is C=C(CCCCCCCCCCC)C[C@H]1C[C@@H](C)C2C3CCC4=CC(CC(=O)CCCCCCCCCCC)=CCC=C4C3CCC21C. The van der Waals surface area contributed by atoms with Crippen LogP contribution in [0.1, 0.15) is 207 Å². The number of carbonyl (C=O) groups is 1. The number of Topliss-reactive ketones (excluding diaryl/α,β-unsaturated/α-hetero) is 1. The lowest BCUT2D eigenvalue weighted by Crippen LogP contribution is -2.45. The summed E-state index contributed by atoms with van der Waals surface area (Å²) in [4.78, 5) is 13.0. The monoisotopic (exact) mass is 659 g/mol. The van der Waals surface area contributed by atoms with E-state index in [1.54, 1.807) is 16.7 Å². The molecule has 4 aliphatic carbocycles. The van der Waals surface area contributed by atoms with Gasteiger partial charge in [0.15, 0.2) is 0 Å². The number of unbranched alkanes of at least 4 members (excludes halogenated alkanes) is 16. The van der Waals surface area contributed by atoms with E-state index in [0.717, 1.165) is 48.9 Å². The molecule has 0 spiro atoms. The number of rotatable bonds is 24. The molecular weight excluding hydrogens is 581 g/mol. The van der Waals surface area contributed by atoms with Crippen LogP contribution in [0.3, 0.4) is 0 Å². The average Bonchev–Trinajstić information content (AvgIpc) is 3.18. The van der Waals surface area contributed by atoms with Crippen LogP contribution in [0.4, 0.5) is 0 Å². The first kappa shape index (κ1) is 39.4. The third-order valence-corrected chi connectivity index (χ3v) is 13.7. The Morgan fingerprint density at radius 3 is 2.00 bits per heavy atom. The van der Waals surface area contributed by atoms with Crippen LogP contribution in [0.25, 0.3) is 0 Å². The van der Waals surface area contributed by atoms with Crippen molar-refractivity contribution in [3.63, 3.8) is 0 Å². The van der Waals surface area contributed by atoms with E-state index in [-0.39, 0.29) is 0 Å². The van der Waals surface area contributed by atoms with Crippen LogP contribution in [0, 0.1) is 35.0 Å². The predicted octanol–water partition coefficient (Wildman–Crippen LogP) is 15.0. The van der Waals surface area contributed by atoms with Crippen molar-refractivity contribution in [1.29, 1.82) is 0 Å². The summed E-state index contributed by atoms with van der Waals surface area (Å²) < 4.78 is 0. The Hall–Kier alpha value is -1.37. The van der Waals surface area contributed by atoms with Crippen molar-refractivity contribution in [2.45, 2.75) is 207 Å². The number of fused-ring (bicyclic) bond motifs is 5. The fourth-order valence-electron chi connectivity index (χ4n) is 11.1. The van der Waals surface area contributed by atoms with Crippen molar-refractivity contribution in [3.05, 3.63) is 47.1 Å². The lowest BCUT2D eigenvalue weighted by atomic mass is 9.52. The summed E-state index contributed by atoms with van der Waals surface area (Å²) in [5.41, 5.74) is 6.59. The largest absolute Gasteiger partial charge is 0.299 e. The van der Waals surface area contributed by atoms with E-state index in [0.29, 0.717) is 17.6 Å². The molecule has 0 aromatic carbocycles. The topological polar surface area (TPSA) is 17.1 Å². The van der Waals surface area contributed by atoms with Gasteiger partial charge in [-0.05, 0) is 116 Å². The Morgan fingerprint density at radius 1 is 0.792 bits per heavy atom. The zero-order valence-electron chi connectivity index (χ0n) is 32.5. The number of carbonyl (C=O) groups excluding carboxylic acids is 1. The Labute approximate surface area is 299 Å². The third kappa shape index (κ3) is 11.6. The first-order valence-corrected chi connectivity index (χ1v) is 21.7. The Morgan fingerprint density at radius 2 is 1.38 bits per heavy atom. The van der Waals surface area contributed by atoms with Crippen LogP contribution >= 0.6 is 0 Å². The number of allylic oxidation sites excluding steroid dienone is 7. The molecule has 0 heterocycles. The highest BCUT2D eigenvalue weighted by Crippen LogP contribution is 2.65. The van der Waals surface area contributed by atoms with E-state index in [1.165, 1.54) is 160 Å². The molecule has 48 heavy (non-hydrogen) atoms. The van der Waals surface area contributed by atoms with E-state index >= 15 is 0 Å². The van der Waals surface area contributed by atoms with E-state index < -0.39 is 0 Å². The number of hydrogen-bond acceptors (Lipinski definition) is 1. The number of ketones is 1. The van der Waals surface area contributed by atoms with Crippen LogP contribution in [-0.4, -0.2) is 5.78 Å². The highest BCUT2D eigenvalue weighted by molar-refractivity contribution is 5.81. The molecule has 0 radical (unpaired) electrons. The molecule has 0 aromatic heterocycles. The van der Waals surface area contributed by atoms with Gasteiger partial charge in [-0.3, -0.25) is 4.79 Å². The lowest BCUT2D eigenvalue weighted by Gasteiger charge is -2.53. The molecule has 1 heteroatoms. The summed E-state index contributed by atoms with van der Waals surface area (Å²) in [6, 6.07) is 0. The van der Waals surface area contributed by atoms with Gasteiger partial charge in [-0.2, -0.15) is 0 Å². The van der Waals surface area contributed by atoms with Gasteiger partial charge in [-0.1, -0.05) is 161 Å². The fourth-order valence-corrected chi connectivity index (χ4v) is 11.1. The van der Waals surface area contributed by atoms with Crippen molar-refractivity contribution < 1.29 is 4.79 Å². The van der Waals surface area contributed by atoms with Crippen molar-refractivity contribution in [3.8, 4) is 0 Å². The third-order valence-electron chi connectivity index (χ3n) is 13.7. The molecule has 0 N–H and O–H groups in total. The Kier molecular flexibility index (Phi) is 17.3. The number of hydrogen-bond donors (Lipinski definition) is 0. The molecule has 6 atom stereocenters. The quantitative estimate of drug-likeness (QED) is 0.0745. The van der Waals surface area contributed by atoms with Gasteiger partial charge in [0.2, 0.25) is 0 Å². The molecule has 272 valence electrons. The fraction of sp³-hybridized carbons (Fsp3) is 0.809. The van der Waals surface area contributed by atoms with Gasteiger partial charge in [0.25, 0.3) is 0 Å². The second kappa shape index (κ2) is 21.1. The van der Waals surface area contributed by atoms with Crippen molar-refractivity contribution in [1.82, 2.24) is 0 Å². The average molecular weight is 659 g/mol. The Bertz CT molecular complexity index is 1070. The minimum Gasteiger partial charge on any atom is -0.299 e. The second-order valence-corrected chi connectivity index (χ2v) is 17.5.